The predicted molar refractivity (Wildman–Crippen MR) is 159 cm³/mol. The second-order valence-corrected chi connectivity index (χ2v) is 14.0. The van der Waals surface area contributed by atoms with Crippen molar-refractivity contribution in [2.24, 2.45) is 7.05 Å². The summed E-state index contributed by atoms with van der Waals surface area (Å²) in [5.74, 6) is 1.65. The van der Waals surface area contributed by atoms with Crippen LogP contribution in [0.5, 0.6) is 5.75 Å². The molecular formula is C28H38ClN7O4S. The molecule has 1 unspecified atom stereocenters. The highest BCUT2D eigenvalue weighted by atomic mass is 35.5. The van der Waals surface area contributed by atoms with Gasteiger partial charge in [0.25, 0.3) is 0 Å². The van der Waals surface area contributed by atoms with Crippen LogP contribution >= 0.6 is 11.6 Å². The number of ether oxygens (including phenoxy) is 1. The quantitative estimate of drug-likeness (QED) is 0.286. The summed E-state index contributed by atoms with van der Waals surface area (Å²) in [6.07, 6.45) is 7.47. The molecule has 1 aliphatic carbocycles. The minimum Gasteiger partial charge on any atom is -0.488 e. The van der Waals surface area contributed by atoms with Crippen LogP contribution in [-0.4, -0.2) is 75.8 Å². The number of nitrogens with zero attached hydrogens (tertiary/aromatic N) is 5. The molecule has 2 aliphatic rings. The van der Waals surface area contributed by atoms with Gasteiger partial charge in [0.2, 0.25) is 20.8 Å². The first-order valence-electron chi connectivity index (χ1n) is 14.0. The average molecular weight is 604 g/mol. The largest absolute Gasteiger partial charge is 0.488 e. The first kappa shape index (κ1) is 29.6. The minimum absolute atomic E-state index is 0.0641. The number of sulfone groups is 1. The number of benzene rings is 1. The molecule has 5 rings (SSSR count). The topological polar surface area (TPSA) is 134 Å². The molecule has 13 heteroatoms. The number of hydrogen-bond acceptors (Lipinski definition) is 10. The van der Waals surface area contributed by atoms with E-state index in [1.54, 1.807) is 27.1 Å². The van der Waals surface area contributed by atoms with Crippen molar-refractivity contribution in [2.45, 2.75) is 68.8 Å². The van der Waals surface area contributed by atoms with Crippen LogP contribution in [0.15, 0.2) is 29.6 Å². The van der Waals surface area contributed by atoms with Crippen molar-refractivity contribution in [3.63, 3.8) is 0 Å². The molecule has 0 radical (unpaired) electrons. The smallest absolute Gasteiger partial charge is 0.229 e. The molecule has 3 aromatic rings. The highest BCUT2D eigenvalue weighted by molar-refractivity contribution is 7.92. The van der Waals surface area contributed by atoms with Crippen molar-refractivity contribution in [3.05, 3.63) is 40.7 Å². The number of halogens is 1. The standard InChI is InChI=1S/C28H38ClN7O4S/c1-17(2)41(38,39)27-24(16-35(4)34-27)31-26-22(29)14-30-28(33-26)32-23-12-18(3)21(13-25(23)40-20-7-8-20)19-6-5-9-36(15-19)10-11-37/h12-14,16-17,19-20,37H,5-11,15H2,1-4H3,(H2,30,31,32,33). The van der Waals surface area contributed by atoms with Crippen molar-refractivity contribution in [3.8, 4) is 5.75 Å². The van der Waals surface area contributed by atoms with Crippen molar-refractivity contribution in [1.82, 2.24) is 24.6 Å². The highest BCUT2D eigenvalue weighted by Gasteiger charge is 2.29. The molecule has 1 saturated heterocycles. The van der Waals surface area contributed by atoms with E-state index in [-0.39, 0.29) is 40.2 Å². The number of aryl methyl sites for hydroxylation is 2. The molecule has 1 saturated carbocycles. The Morgan fingerprint density at radius 3 is 2.68 bits per heavy atom. The van der Waals surface area contributed by atoms with Gasteiger partial charge < -0.3 is 25.4 Å². The Hall–Kier alpha value is -2.93. The lowest BCUT2D eigenvalue weighted by atomic mass is 9.87. The summed E-state index contributed by atoms with van der Waals surface area (Å²) in [7, 11) is -1.99. The van der Waals surface area contributed by atoms with Crippen LogP contribution in [0.1, 0.15) is 56.6 Å². The average Bonchev–Trinajstić information content (AvgIpc) is 3.66. The summed E-state index contributed by atoms with van der Waals surface area (Å²) in [5.41, 5.74) is 3.42. The fourth-order valence-electron chi connectivity index (χ4n) is 5.11. The van der Waals surface area contributed by atoms with Gasteiger partial charge >= 0.3 is 0 Å². The third-order valence-electron chi connectivity index (χ3n) is 7.48. The van der Waals surface area contributed by atoms with E-state index in [9.17, 15) is 13.5 Å². The number of aliphatic hydroxyl groups is 1. The molecule has 41 heavy (non-hydrogen) atoms. The second-order valence-electron chi connectivity index (χ2n) is 11.1. The van der Waals surface area contributed by atoms with Gasteiger partial charge in [-0.2, -0.15) is 10.1 Å². The molecule has 3 heterocycles. The van der Waals surface area contributed by atoms with Crippen molar-refractivity contribution >= 4 is 44.6 Å². The van der Waals surface area contributed by atoms with E-state index < -0.39 is 15.1 Å². The number of rotatable bonds is 11. The van der Waals surface area contributed by atoms with E-state index in [2.05, 4.69) is 49.7 Å². The van der Waals surface area contributed by atoms with Crippen LogP contribution in [0.25, 0.3) is 0 Å². The highest BCUT2D eigenvalue weighted by Crippen LogP contribution is 2.40. The Kier molecular flexibility index (Phi) is 8.74. The van der Waals surface area contributed by atoms with Crippen LogP contribution in [0.3, 0.4) is 0 Å². The third kappa shape index (κ3) is 6.77. The Balaban J connectivity index is 1.43. The number of anilines is 4. The van der Waals surface area contributed by atoms with Crippen LogP contribution in [0.4, 0.5) is 23.1 Å². The Morgan fingerprint density at radius 1 is 1.20 bits per heavy atom. The predicted octanol–water partition coefficient (Wildman–Crippen LogP) is 4.55. The van der Waals surface area contributed by atoms with E-state index in [1.165, 1.54) is 16.4 Å². The SMILES string of the molecule is Cc1cc(Nc2ncc(Cl)c(Nc3cn(C)nc3S(=O)(=O)C(C)C)n2)c(OC2CC2)cc1C1CCCN(CCO)C1. The molecule has 11 nitrogen and oxygen atoms in total. The monoisotopic (exact) mass is 603 g/mol. The van der Waals surface area contributed by atoms with E-state index >= 15 is 0 Å². The molecule has 222 valence electrons. The van der Waals surface area contributed by atoms with Gasteiger partial charge in [-0.1, -0.05) is 11.6 Å². The number of β-amino-alcohol motifs (C(OH)–C–C–N with tert-alkyl or cyclic N) is 1. The molecule has 0 amide bonds. The summed E-state index contributed by atoms with van der Waals surface area (Å²) < 4.78 is 33.5. The molecular weight excluding hydrogens is 566 g/mol. The lowest BCUT2D eigenvalue weighted by molar-refractivity contribution is 0.161. The lowest BCUT2D eigenvalue weighted by Gasteiger charge is -2.33. The molecule has 0 spiro atoms. The molecule has 3 N–H and O–H groups in total. The van der Waals surface area contributed by atoms with Gasteiger partial charge in [0.15, 0.2) is 5.82 Å². The summed E-state index contributed by atoms with van der Waals surface area (Å²) in [4.78, 5) is 11.3. The Morgan fingerprint density at radius 2 is 1.98 bits per heavy atom. The zero-order valence-corrected chi connectivity index (χ0v) is 25.5. The van der Waals surface area contributed by atoms with Crippen LogP contribution in [-0.2, 0) is 16.9 Å². The van der Waals surface area contributed by atoms with E-state index in [4.69, 9.17) is 16.3 Å². The summed E-state index contributed by atoms with van der Waals surface area (Å²) in [6.45, 7) is 8.10. The number of aromatic nitrogens is 4. The first-order chi connectivity index (χ1) is 19.5. The fourth-order valence-corrected chi connectivity index (χ4v) is 6.35. The molecule has 0 bridgehead atoms. The van der Waals surface area contributed by atoms with Crippen molar-refractivity contribution in [1.29, 1.82) is 0 Å². The van der Waals surface area contributed by atoms with Crippen LogP contribution in [0, 0.1) is 6.92 Å². The molecule has 1 aromatic carbocycles. The molecule has 2 fully saturated rings. The number of nitrogens with one attached hydrogen (secondary N) is 2. The van der Waals surface area contributed by atoms with E-state index in [0.29, 0.717) is 12.5 Å². The van der Waals surface area contributed by atoms with Gasteiger partial charge in [-0.3, -0.25) is 4.68 Å². The van der Waals surface area contributed by atoms with Gasteiger partial charge in [-0.05, 0) is 82.2 Å². The van der Waals surface area contributed by atoms with Gasteiger partial charge in [0.1, 0.15) is 10.8 Å². The fraction of sp³-hybridized carbons (Fsp3) is 0.536. The van der Waals surface area contributed by atoms with Gasteiger partial charge in [-0.25, -0.2) is 13.4 Å². The maximum Gasteiger partial charge on any atom is 0.229 e. The Bertz CT molecular complexity index is 1510. The van der Waals surface area contributed by atoms with Gasteiger partial charge in [-0.15, -0.1) is 0 Å². The van der Waals surface area contributed by atoms with Crippen LogP contribution in [0.2, 0.25) is 5.02 Å². The number of aliphatic hydroxyl groups excluding tert-OH is 1. The Labute approximate surface area is 246 Å². The molecule has 1 atom stereocenters. The van der Waals surface area contributed by atoms with Crippen molar-refractivity contribution < 1.29 is 18.3 Å². The second kappa shape index (κ2) is 12.1. The van der Waals surface area contributed by atoms with Crippen molar-refractivity contribution in [2.75, 3.05) is 36.9 Å². The molecule has 1 aliphatic heterocycles. The maximum atomic E-state index is 12.9. The van der Waals surface area contributed by atoms with E-state index in [1.807, 2.05) is 0 Å². The van der Waals surface area contributed by atoms with Gasteiger partial charge in [0.05, 0.1) is 35.5 Å². The molecule has 2 aromatic heterocycles. The third-order valence-corrected chi connectivity index (χ3v) is 9.83. The number of piperidine rings is 1. The first-order valence-corrected chi connectivity index (χ1v) is 16.0. The zero-order chi connectivity index (χ0) is 29.3. The summed E-state index contributed by atoms with van der Waals surface area (Å²) >= 11 is 6.42. The van der Waals surface area contributed by atoms with E-state index in [0.717, 1.165) is 55.8 Å². The lowest BCUT2D eigenvalue weighted by Crippen LogP contribution is -2.36. The van der Waals surface area contributed by atoms with Crippen LogP contribution < -0.4 is 15.4 Å². The maximum absolute atomic E-state index is 12.9. The number of likely N-dealkylation sites (tertiary alicyclic amines) is 1. The van der Waals surface area contributed by atoms with Gasteiger partial charge in [0, 0.05) is 26.3 Å². The minimum atomic E-state index is -3.64. The zero-order valence-electron chi connectivity index (χ0n) is 23.9. The normalized spacial score (nSPS) is 18.1. The number of hydrogen-bond donors (Lipinski definition) is 3. The summed E-state index contributed by atoms with van der Waals surface area (Å²) in [5, 5.41) is 19.5. The summed E-state index contributed by atoms with van der Waals surface area (Å²) in [6, 6.07) is 4.20.